The van der Waals surface area contributed by atoms with Crippen LogP contribution in [0.25, 0.3) is 0 Å². The quantitative estimate of drug-likeness (QED) is 0.547. The first-order valence-electron chi connectivity index (χ1n) is 3.73. The molecule has 1 N–H and O–H groups in total. The van der Waals surface area contributed by atoms with E-state index < -0.39 is 0 Å². The highest BCUT2D eigenvalue weighted by Gasteiger charge is 2.36. The molecule has 2 fully saturated rings. The normalized spacial score (nSPS) is 33.6. The Hall–Kier alpha value is -0.570. The second-order valence-electron chi connectivity index (χ2n) is 2.98. The summed E-state index contributed by atoms with van der Waals surface area (Å²) in [5.74, 6) is 1.00. The lowest BCUT2D eigenvalue weighted by atomic mass is 9.90. The van der Waals surface area contributed by atoms with E-state index in [9.17, 15) is 4.79 Å². The second-order valence-corrected chi connectivity index (χ2v) is 2.98. The molecule has 2 heterocycles. The van der Waals surface area contributed by atoms with Gasteiger partial charge < -0.3 is 10.1 Å². The van der Waals surface area contributed by atoms with Gasteiger partial charge in [0.25, 0.3) is 0 Å². The molecule has 2 aliphatic rings. The van der Waals surface area contributed by atoms with Crippen LogP contribution in [-0.2, 0) is 9.53 Å². The van der Waals surface area contributed by atoms with Crippen LogP contribution in [0.2, 0.25) is 0 Å². The van der Waals surface area contributed by atoms with E-state index in [2.05, 4.69) is 5.32 Å². The van der Waals surface area contributed by atoms with Crippen molar-refractivity contribution in [3.63, 3.8) is 0 Å². The van der Waals surface area contributed by atoms with E-state index >= 15 is 0 Å². The molecule has 1 amide bonds. The van der Waals surface area contributed by atoms with Crippen LogP contribution in [0.3, 0.4) is 0 Å². The summed E-state index contributed by atoms with van der Waals surface area (Å²) in [5.41, 5.74) is 0. The molecule has 0 aromatic heterocycles. The summed E-state index contributed by atoms with van der Waals surface area (Å²) in [5, 5.41) is 2.82. The Balaban J connectivity index is 1.96. The lowest BCUT2D eigenvalue weighted by Gasteiger charge is -2.29. The highest BCUT2D eigenvalue weighted by Crippen LogP contribution is 2.26. The molecular weight excluding hydrogens is 130 g/mol. The van der Waals surface area contributed by atoms with Crippen molar-refractivity contribution in [3.8, 4) is 0 Å². The van der Waals surface area contributed by atoms with Crippen molar-refractivity contribution in [1.82, 2.24) is 5.32 Å². The van der Waals surface area contributed by atoms with Crippen molar-refractivity contribution < 1.29 is 9.53 Å². The average molecular weight is 141 g/mol. The van der Waals surface area contributed by atoms with Gasteiger partial charge in [-0.1, -0.05) is 0 Å². The van der Waals surface area contributed by atoms with Gasteiger partial charge in [0, 0.05) is 18.4 Å². The van der Waals surface area contributed by atoms with Crippen LogP contribution in [0.15, 0.2) is 0 Å². The topological polar surface area (TPSA) is 38.3 Å². The predicted molar refractivity (Wildman–Crippen MR) is 35.4 cm³/mol. The molecule has 1 unspecified atom stereocenters. The fourth-order valence-electron chi connectivity index (χ4n) is 1.55. The third-order valence-electron chi connectivity index (χ3n) is 2.32. The molecule has 3 nitrogen and oxygen atoms in total. The standard InChI is InChI=1S/C7H11NO2/c9-7-6(1-2-8-7)5-3-10-4-5/h5-6H,1-4H2,(H,8,9). The fourth-order valence-corrected chi connectivity index (χ4v) is 1.55. The van der Waals surface area contributed by atoms with E-state index in [1.165, 1.54) is 0 Å². The van der Waals surface area contributed by atoms with Crippen LogP contribution in [0.5, 0.6) is 0 Å². The first-order chi connectivity index (χ1) is 4.88. The van der Waals surface area contributed by atoms with Gasteiger partial charge in [-0.2, -0.15) is 0 Å². The zero-order chi connectivity index (χ0) is 6.97. The van der Waals surface area contributed by atoms with E-state index in [1.807, 2.05) is 0 Å². The van der Waals surface area contributed by atoms with Crippen molar-refractivity contribution in [2.75, 3.05) is 19.8 Å². The lowest BCUT2D eigenvalue weighted by molar-refractivity contribution is -0.131. The van der Waals surface area contributed by atoms with Gasteiger partial charge in [0.1, 0.15) is 0 Å². The molecule has 1 atom stereocenters. The number of ether oxygens (including phenoxy) is 1. The van der Waals surface area contributed by atoms with Crippen LogP contribution >= 0.6 is 0 Å². The molecule has 2 rings (SSSR count). The summed E-state index contributed by atoms with van der Waals surface area (Å²) in [6, 6.07) is 0. The van der Waals surface area contributed by atoms with Gasteiger partial charge in [-0.15, -0.1) is 0 Å². The van der Waals surface area contributed by atoms with Gasteiger partial charge >= 0.3 is 0 Å². The Morgan fingerprint density at radius 2 is 2.30 bits per heavy atom. The van der Waals surface area contributed by atoms with E-state index in [4.69, 9.17) is 4.74 Å². The summed E-state index contributed by atoms with van der Waals surface area (Å²) in [6.45, 7) is 2.44. The maximum absolute atomic E-state index is 11.0. The van der Waals surface area contributed by atoms with Crippen LogP contribution in [0.1, 0.15) is 6.42 Å². The van der Waals surface area contributed by atoms with Gasteiger partial charge in [0.2, 0.25) is 5.91 Å². The number of hydrogen-bond donors (Lipinski definition) is 1. The molecule has 2 saturated heterocycles. The summed E-state index contributed by atoms with van der Waals surface area (Å²) >= 11 is 0. The zero-order valence-corrected chi connectivity index (χ0v) is 5.80. The van der Waals surface area contributed by atoms with Gasteiger partial charge in [-0.05, 0) is 6.42 Å². The molecule has 56 valence electrons. The van der Waals surface area contributed by atoms with E-state index in [-0.39, 0.29) is 11.8 Å². The SMILES string of the molecule is O=C1NCCC1C1COC1. The molecule has 0 aromatic carbocycles. The maximum atomic E-state index is 11.0. The second kappa shape index (κ2) is 2.23. The number of amides is 1. The fraction of sp³-hybridized carbons (Fsp3) is 0.857. The molecule has 0 aliphatic carbocycles. The molecule has 0 bridgehead atoms. The zero-order valence-electron chi connectivity index (χ0n) is 5.80. The predicted octanol–water partition coefficient (Wildman–Crippen LogP) is -0.231. The number of hydrogen-bond acceptors (Lipinski definition) is 2. The third-order valence-corrected chi connectivity index (χ3v) is 2.32. The molecule has 10 heavy (non-hydrogen) atoms. The number of nitrogens with one attached hydrogen (secondary N) is 1. The first kappa shape index (κ1) is 6.16. The summed E-state index contributed by atoms with van der Waals surface area (Å²) < 4.78 is 5.02. The van der Waals surface area contributed by atoms with Crippen molar-refractivity contribution >= 4 is 5.91 Å². The Morgan fingerprint density at radius 1 is 1.50 bits per heavy atom. The third kappa shape index (κ3) is 0.814. The molecule has 0 aromatic rings. The Kier molecular flexibility index (Phi) is 1.38. The Bertz CT molecular complexity index is 154. The number of rotatable bonds is 1. The minimum Gasteiger partial charge on any atom is -0.381 e. The summed E-state index contributed by atoms with van der Waals surface area (Å²) in [7, 11) is 0. The largest absolute Gasteiger partial charge is 0.381 e. The highest BCUT2D eigenvalue weighted by molar-refractivity contribution is 5.81. The molecule has 0 spiro atoms. The molecule has 0 saturated carbocycles. The van der Waals surface area contributed by atoms with Crippen molar-refractivity contribution in [2.24, 2.45) is 11.8 Å². The molecule has 3 heteroatoms. The monoisotopic (exact) mass is 141 g/mol. The van der Waals surface area contributed by atoms with Crippen LogP contribution in [0.4, 0.5) is 0 Å². The average Bonchev–Trinajstić information content (AvgIpc) is 2.12. The molecule has 2 aliphatic heterocycles. The van der Waals surface area contributed by atoms with Gasteiger partial charge in [0.05, 0.1) is 13.2 Å². The summed E-state index contributed by atoms with van der Waals surface area (Å²) in [6.07, 6.45) is 1.01. The van der Waals surface area contributed by atoms with Crippen molar-refractivity contribution in [3.05, 3.63) is 0 Å². The van der Waals surface area contributed by atoms with Gasteiger partial charge in [-0.25, -0.2) is 0 Å². The minimum atomic E-state index is 0.230. The number of carbonyl (C=O) groups excluding carboxylic acids is 1. The molecule has 0 radical (unpaired) electrons. The number of carbonyl (C=O) groups is 1. The minimum absolute atomic E-state index is 0.230. The van der Waals surface area contributed by atoms with Crippen molar-refractivity contribution in [1.29, 1.82) is 0 Å². The highest BCUT2D eigenvalue weighted by atomic mass is 16.5. The van der Waals surface area contributed by atoms with E-state index in [1.54, 1.807) is 0 Å². The smallest absolute Gasteiger partial charge is 0.223 e. The van der Waals surface area contributed by atoms with E-state index in [0.29, 0.717) is 5.92 Å². The maximum Gasteiger partial charge on any atom is 0.223 e. The van der Waals surface area contributed by atoms with Crippen molar-refractivity contribution in [2.45, 2.75) is 6.42 Å². The summed E-state index contributed by atoms with van der Waals surface area (Å²) in [4.78, 5) is 11.0. The Morgan fingerprint density at radius 3 is 2.70 bits per heavy atom. The Labute approximate surface area is 59.7 Å². The lowest BCUT2D eigenvalue weighted by Crippen LogP contribution is -2.37. The van der Waals surface area contributed by atoms with Crippen LogP contribution in [0, 0.1) is 11.8 Å². The van der Waals surface area contributed by atoms with Crippen LogP contribution in [-0.4, -0.2) is 25.7 Å². The molecular formula is C7H11NO2. The van der Waals surface area contributed by atoms with Gasteiger partial charge in [0.15, 0.2) is 0 Å². The van der Waals surface area contributed by atoms with E-state index in [0.717, 1.165) is 26.2 Å². The van der Waals surface area contributed by atoms with Crippen LogP contribution < -0.4 is 5.32 Å². The first-order valence-corrected chi connectivity index (χ1v) is 3.73. The van der Waals surface area contributed by atoms with Gasteiger partial charge in [-0.3, -0.25) is 4.79 Å².